The maximum absolute atomic E-state index is 12.0. The van der Waals surface area contributed by atoms with Gasteiger partial charge < -0.3 is 40.9 Å². The van der Waals surface area contributed by atoms with Gasteiger partial charge in [0.15, 0.2) is 11.6 Å². The summed E-state index contributed by atoms with van der Waals surface area (Å²) in [5.74, 6) is -2.41. The van der Waals surface area contributed by atoms with E-state index in [4.69, 9.17) is 10.2 Å². The minimum atomic E-state index is -4.47. The van der Waals surface area contributed by atoms with Crippen LogP contribution in [0.2, 0.25) is 0 Å². The normalized spacial score (nSPS) is 34.4. The second kappa shape index (κ2) is 10.9. The minimum Gasteiger partial charge on any atom is -0.388 e. The number of aliphatic hydroxyl groups is 8. The molecular weight excluding hydrogens is 506 g/mol. The van der Waals surface area contributed by atoms with Gasteiger partial charge in [-0.25, -0.2) is 27.2 Å². The molecule has 0 aromatic carbocycles. The summed E-state index contributed by atoms with van der Waals surface area (Å²) < 4.78 is 51.5. The first-order chi connectivity index (χ1) is 15.2. The van der Waals surface area contributed by atoms with E-state index in [9.17, 15) is 49.4 Å². The van der Waals surface area contributed by atoms with Gasteiger partial charge in [0.1, 0.15) is 49.8 Å². The van der Waals surface area contributed by atoms with Crippen LogP contribution in [0.15, 0.2) is 0 Å². The van der Waals surface area contributed by atoms with Gasteiger partial charge in [-0.3, -0.25) is 18.6 Å². The summed E-state index contributed by atoms with van der Waals surface area (Å²) in [4.78, 5) is 22.1. The highest BCUT2D eigenvalue weighted by Gasteiger charge is 2.74. The third-order valence-corrected chi connectivity index (χ3v) is 6.83. The molecule has 33 heavy (non-hydrogen) atoms. The quantitative estimate of drug-likeness (QED) is 0.0982. The maximum Gasteiger partial charge on any atom is 0.487 e. The first-order valence-corrected chi connectivity index (χ1v) is 11.8. The molecule has 0 unspecified atom stereocenters. The van der Waals surface area contributed by atoms with Crippen LogP contribution in [0.5, 0.6) is 0 Å². The van der Waals surface area contributed by atoms with Crippen molar-refractivity contribution in [1.82, 2.24) is 0 Å². The van der Waals surface area contributed by atoms with Gasteiger partial charge >= 0.3 is 21.8 Å². The van der Waals surface area contributed by atoms with Gasteiger partial charge in [0.05, 0.1) is 13.2 Å². The molecule has 0 amide bonds. The molecule has 20 heteroatoms. The molecule has 18 nitrogen and oxygen atoms in total. The number of hydrogen-bond acceptors (Lipinski definition) is 18. The molecule has 0 aromatic heterocycles. The second-order valence-corrected chi connectivity index (χ2v) is 9.64. The molecule has 0 radical (unpaired) electrons. The fraction of sp³-hybridized carbons (Fsp3) is 0.846. The summed E-state index contributed by atoms with van der Waals surface area (Å²) in [6.07, 6.45) is -15.1. The summed E-state index contributed by atoms with van der Waals surface area (Å²) in [6, 6.07) is 0. The van der Waals surface area contributed by atoms with Crippen LogP contribution in [0, 0.1) is 0 Å². The van der Waals surface area contributed by atoms with E-state index in [1.54, 1.807) is 0 Å². The highest BCUT2D eigenvalue weighted by atomic mass is 31.2. The number of phosphoric acid groups is 2. The fourth-order valence-corrected chi connectivity index (χ4v) is 4.79. The Kier molecular flexibility index (Phi) is 9.39. The number of ketones is 2. The van der Waals surface area contributed by atoms with Crippen molar-refractivity contribution in [3.8, 4) is 0 Å². The number of rotatable bonds is 14. The van der Waals surface area contributed by atoms with Crippen molar-refractivity contribution < 1.29 is 86.7 Å². The van der Waals surface area contributed by atoms with Crippen LogP contribution >= 0.6 is 15.6 Å². The zero-order valence-corrected chi connectivity index (χ0v) is 18.1. The van der Waals surface area contributed by atoms with E-state index in [0.717, 1.165) is 0 Å². The SMILES string of the molecule is O=C(CO)[C@@H](O)[C@H](O)[C@H](O)COP1(=O)OC2(O1)OP(=O)(OC[C@@H](O)[C@@H](O)[C@H](O)C(=O)CO)O2. The average Bonchev–Trinajstić information content (AvgIpc) is 2.75. The van der Waals surface area contributed by atoms with Gasteiger partial charge in [0.25, 0.3) is 0 Å². The Labute approximate surface area is 184 Å². The molecule has 2 aliphatic heterocycles. The molecule has 6 atom stereocenters. The molecule has 192 valence electrons. The lowest BCUT2D eigenvalue weighted by Crippen LogP contribution is -2.54. The Morgan fingerprint density at radius 2 is 1.00 bits per heavy atom. The van der Waals surface area contributed by atoms with Crippen LogP contribution in [-0.2, 0) is 45.9 Å². The smallest absolute Gasteiger partial charge is 0.388 e. The first-order valence-electron chi connectivity index (χ1n) is 8.88. The van der Waals surface area contributed by atoms with E-state index in [2.05, 4.69) is 27.1 Å². The highest BCUT2D eigenvalue weighted by molar-refractivity contribution is 7.52. The average molecular weight is 528 g/mol. The molecule has 2 fully saturated rings. The largest absolute Gasteiger partial charge is 0.487 e. The predicted octanol–water partition coefficient (Wildman–Crippen LogP) is -4.77. The lowest BCUT2D eigenvalue weighted by atomic mass is 10.1. The number of carbonyl (C=O) groups excluding carboxylic acids is 2. The molecule has 8 N–H and O–H groups in total. The molecule has 0 aromatic rings. The second-order valence-electron chi connectivity index (χ2n) is 6.61. The van der Waals surface area contributed by atoms with Crippen LogP contribution < -0.4 is 0 Å². The number of Topliss-reactive ketones (excluding diaryl/α,β-unsaturated/α-hetero) is 2. The van der Waals surface area contributed by atoms with Crippen LogP contribution in [0.4, 0.5) is 0 Å². The van der Waals surface area contributed by atoms with Crippen molar-refractivity contribution in [2.75, 3.05) is 26.4 Å². The molecule has 0 aliphatic carbocycles. The predicted molar refractivity (Wildman–Crippen MR) is 94.4 cm³/mol. The topological polar surface area (TPSA) is 286 Å². The van der Waals surface area contributed by atoms with Crippen molar-refractivity contribution in [1.29, 1.82) is 0 Å². The lowest BCUT2D eigenvalue weighted by molar-refractivity contribution is -0.482. The number of aliphatic hydroxyl groups excluding tert-OH is 8. The van der Waals surface area contributed by atoms with Crippen LogP contribution in [0.1, 0.15) is 0 Å². The van der Waals surface area contributed by atoms with E-state index in [1.807, 2.05) is 0 Å². The monoisotopic (exact) mass is 528 g/mol. The Morgan fingerprint density at radius 1 is 0.697 bits per heavy atom. The van der Waals surface area contributed by atoms with E-state index in [-0.39, 0.29) is 0 Å². The minimum absolute atomic E-state index is 1.00. The van der Waals surface area contributed by atoms with Gasteiger partial charge in [-0.15, -0.1) is 0 Å². The molecule has 2 heterocycles. The van der Waals surface area contributed by atoms with Gasteiger partial charge in [-0.05, 0) is 0 Å². The fourth-order valence-electron chi connectivity index (χ4n) is 2.25. The van der Waals surface area contributed by atoms with Crippen molar-refractivity contribution in [3.63, 3.8) is 0 Å². The zero-order valence-electron chi connectivity index (χ0n) is 16.3. The Morgan fingerprint density at radius 3 is 1.27 bits per heavy atom. The standard InChI is InChI=1S/C13H22O18P2/c14-1-5(16)9(20)11(22)7(18)3-26-32(24)28-13(29-32)30-33(25,31-13)27-4-8(19)12(23)10(21)6(17)2-15/h7-12,14-15,18-23H,1-4H2/t7-,8-,9-,10-,11-,12-,13?,32?,33?/m1/s1. The molecule has 2 saturated heterocycles. The Hall–Kier alpha value is -0.760. The van der Waals surface area contributed by atoms with E-state index in [1.165, 1.54) is 0 Å². The summed E-state index contributed by atoms with van der Waals surface area (Å²) in [5.41, 5.74) is 0. The van der Waals surface area contributed by atoms with E-state index >= 15 is 0 Å². The van der Waals surface area contributed by atoms with Crippen molar-refractivity contribution in [2.24, 2.45) is 0 Å². The third-order valence-electron chi connectivity index (χ3n) is 4.11. The molecule has 2 rings (SSSR count). The lowest BCUT2D eigenvalue weighted by Gasteiger charge is -2.49. The Balaban J connectivity index is 1.75. The van der Waals surface area contributed by atoms with Gasteiger partial charge in [0, 0.05) is 0 Å². The highest BCUT2D eigenvalue weighted by Crippen LogP contribution is 2.78. The van der Waals surface area contributed by atoms with Crippen LogP contribution in [0.3, 0.4) is 0 Å². The van der Waals surface area contributed by atoms with Crippen molar-refractivity contribution >= 4 is 27.2 Å². The molecular formula is C13H22O18P2. The van der Waals surface area contributed by atoms with Crippen LogP contribution in [-0.4, -0.2) is 122 Å². The summed E-state index contributed by atoms with van der Waals surface area (Å²) in [6.45, 7) is -4.24. The zero-order chi connectivity index (χ0) is 25.2. The van der Waals surface area contributed by atoms with E-state index < -0.39 is 96.4 Å². The molecule has 1 spiro atoms. The molecule has 0 saturated carbocycles. The van der Waals surface area contributed by atoms with Gasteiger partial charge in [-0.2, -0.15) is 0 Å². The summed E-state index contributed by atoms with van der Waals surface area (Å²) in [7, 11) is -8.94. The third kappa shape index (κ3) is 6.68. The summed E-state index contributed by atoms with van der Waals surface area (Å²) in [5, 5.41) is 74.3. The van der Waals surface area contributed by atoms with Crippen LogP contribution in [0.25, 0.3) is 0 Å². The maximum atomic E-state index is 12.0. The number of carbonyl (C=O) groups is 2. The first kappa shape index (κ1) is 28.5. The number of phosphoric ester groups is 2. The number of hydrogen-bond donors (Lipinski definition) is 8. The van der Waals surface area contributed by atoms with E-state index in [0.29, 0.717) is 0 Å². The van der Waals surface area contributed by atoms with Gasteiger partial charge in [0.2, 0.25) is 0 Å². The Bertz CT molecular complexity index is 728. The van der Waals surface area contributed by atoms with Gasteiger partial charge in [-0.1, -0.05) is 0 Å². The molecule has 0 bridgehead atoms. The summed E-state index contributed by atoms with van der Waals surface area (Å²) >= 11 is 0. The van der Waals surface area contributed by atoms with Crippen molar-refractivity contribution in [3.05, 3.63) is 0 Å². The molecule has 2 aliphatic rings. The van der Waals surface area contributed by atoms with Crippen molar-refractivity contribution in [2.45, 2.75) is 42.8 Å².